The van der Waals surface area contributed by atoms with Gasteiger partial charge < -0.3 is 18.2 Å². The number of hydrogen-bond donors (Lipinski definition) is 0. The molecule has 0 saturated carbocycles. The van der Waals surface area contributed by atoms with Gasteiger partial charge in [0.05, 0.1) is 40.5 Å². The molecule has 0 aromatic carbocycles. The maximum absolute atomic E-state index is 10.8. The van der Waals surface area contributed by atoms with Crippen LogP contribution < -0.4 is 0 Å². The second kappa shape index (κ2) is 32.5. The van der Waals surface area contributed by atoms with Crippen LogP contribution in [0, 0.1) is 0 Å². The fraction of sp³-hybridized carbons (Fsp3) is 1.00. The molecule has 0 saturated heterocycles. The molecule has 0 unspecified atom stereocenters. The average molecular weight is 873 g/mol. The summed E-state index contributed by atoms with van der Waals surface area (Å²) in [7, 11) is -16.8. The molecule has 0 aliphatic carbocycles. The van der Waals surface area contributed by atoms with E-state index in [9.17, 15) is 51.9 Å². The molecule has 0 aromatic heterocycles. The van der Waals surface area contributed by atoms with E-state index in [2.05, 4.69) is 0 Å². The van der Waals surface area contributed by atoms with Crippen molar-refractivity contribution in [3.05, 3.63) is 0 Å². The van der Waals surface area contributed by atoms with Gasteiger partial charge in [0.15, 0.2) is 0 Å². The van der Waals surface area contributed by atoms with E-state index in [1.54, 1.807) is 0 Å². The molecule has 0 fully saturated rings. The fourth-order valence-corrected chi connectivity index (χ4v) is 14.2. The molecule has 0 heterocycles. The van der Waals surface area contributed by atoms with Crippen molar-refractivity contribution in [2.24, 2.45) is 0 Å². The van der Waals surface area contributed by atoms with Crippen molar-refractivity contribution in [2.45, 2.75) is 161 Å². The van der Waals surface area contributed by atoms with Crippen LogP contribution in [0.25, 0.3) is 0 Å². The summed E-state index contributed by atoms with van der Waals surface area (Å²) >= 11 is 0. The molecular weight excluding hydrogens is 803 g/mol. The van der Waals surface area contributed by atoms with Gasteiger partial charge in [-0.1, -0.05) is 103 Å². The summed E-state index contributed by atoms with van der Waals surface area (Å²) in [6.07, 6.45) is 30.4. The Hall–Kier alpha value is 0.500. The van der Waals surface area contributed by atoms with Crippen LogP contribution in [0.5, 0.6) is 0 Å². The summed E-state index contributed by atoms with van der Waals surface area (Å²) in [5.74, 6) is -1.13. The molecule has 0 bridgehead atoms. The molecule has 0 atom stereocenters. The molecule has 0 amide bonds. The Bertz CT molecular complexity index is 1120. The molecule has 320 valence electrons. The van der Waals surface area contributed by atoms with Gasteiger partial charge in [-0.25, -0.2) is 33.7 Å². The van der Waals surface area contributed by atoms with Crippen LogP contribution in [0.1, 0.15) is 161 Å². The van der Waals surface area contributed by atoms with Gasteiger partial charge in [-0.05, 0) is 94.8 Å². The van der Waals surface area contributed by atoms with E-state index >= 15 is 0 Å². The van der Waals surface area contributed by atoms with Crippen molar-refractivity contribution in [1.82, 2.24) is 0 Å². The molecular formula is C35H70O12P2S4-4. The normalized spacial score (nSPS) is 13.1. The summed E-state index contributed by atoms with van der Waals surface area (Å²) < 4.78 is 130. The first-order valence-electron chi connectivity index (χ1n) is 20.1. The summed E-state index contributed by atoms with van der Waals surface area (Å²) in [5.41, 5.74) is 0. The maximum atomic E-state index is 10.8. The van der Waals surface area contributed by atoms with Gasteiger partial charge >= 0.3 is 0 Å². The predicted octanol–water partition coefficient (Wildman–Crippen LogP) is 7.88. The third-order valence-corrected chi connectivity index (χ3v) is 18.3. The van der Waals surface area contributed by atoms with E-state index in [-0.39, 0.29) is 38.9 Å². The van der Waals surface area contributed by atoms with Crippen LogP contribution in [0.4, 0.5) is 0 Å². The van der Waals surface area contributed by atoms with E-state index in [1.807, 2.05) is 0 Å². The summed E-state index contributed by atoms with van der Waals surface area (Å²) in [6, 6.07) is 0. The van der Waals surface area contributed by atoms with Gasteiger partial charge in [-0.3, -0.25) is 0 Å². The minimum atomic E-state index is -4.14. The van der Waals surface area contributed by atoms with Crippen LogP contribution in [-0.2, 0) is 40.5 Å². The Balaban J connectivity index is 4.83. The second-order valence-corrected chi connectivity index (χ2v) is 26.0. The van der Waals surface area contributed by atoms with Gasteiger partial charge in [-0.15, -0.1) is 15.8 Å². The van der Waals surface area contributed by atoms with Gasteiger partial charge in [0.1, 0.15) is 0 Å². The van der Waals surface area contributed by atoms with Crippen LogP contribution >= 0.6 is 15.8 Å². The van der Waals surface area contributed by atoms with E-state index < -0.39 is 40.5 Å². The number of rotatable bonds is 40. The zero-order valence-corrected chi connectivity index (χ0v) is 37.2. The SMILES string of the molecule is O=S(=O)([O-])CCCCCCCCP(CCCCCCCCS(=O)(=O)[O-])CCCP(CCCCCCCCS(=O)(=O)[O-])CCCCCCCCS(=O)(=O)[O-]. The van der Waals surface area contributed by atoms with Crippen molar-refractivity contribution in [1.29, 1.82) is 0 Å². The highest BCUT2D eigenvalue weighted by molar-refractivity contribution is 7.86. The third-order valence-electron chi connectivity index (χ3n) is 9.42. The molecule has 0 aromatic rings. The van der Waals surface area contributed by atoms with Crippen LogP contribution in [-0.4, -0.2) is 112 Å². The van der Waals surface area contributed by atoms with E-state index in [4.69, 9.17) is 0 Å². The lowest BCUT2D eigenvalue weighted by Gasteiger charge is -2.22. The molecule has 0 spiro atoms. The van der Waals surface area contributed by atoms with E-state index in [0.717, 1.165) is 128 Å². The summed E-state index contributed by atoms with van der Waals surface area (Å²) in [5, 5.41) is 0. The molecule has 0 aliphatic rings. The van der Waals surface area contributed by atoms with Crippen molar-refractivity contribution in [3.63, 3.8) is 0 Å². The fourth-order valence-electron chi connectivity index (χ4n) is 6.47. The first kappa shape index (κ1) is 53.5. The lowest BCUT2D eigenvalue weighted by atomic mass is 10.1. The number of unbranched alkanes of at least 4 members (excludes halogenated alkanes) is 20. The summed E-state index contributed by atoms with van der Waals surface area (Å²) in [6.45, 7) is 0. The molecule has 53 heavy (non-hydrogen) atoms. The topological polar surface area (TPSA) is 229 Å². The minimum Gasteiger partial charge on any atom is -0.748 e. The van der Waals surface area contributed by atoms with Crippen LogP contribution in [0.3, 0.4) is 0 Å². The van der Waals surface area contributed by atoms with Gasteiger partial charge in [0.2, 0.25) is 0 Å². The Labute approximate surface area is 327 Å². The van der Waals surface area contributed by atoms with Gasteiger partial charge in [-0.2, -0.15) is 0 Å². The molecule has 0 N–H and O–H groups in total. The van der Waals surface area contributed by atoms with Crippen LogP contribution in [0.2, 0.25) is 0 Å². The zero-order chi connectivity index (χ0) is 39.9. The highest BCUT2D eigenvalue weighted by Crippen LogP contribution is 2.43. The average Bonchev–Trinajstić information content (AvgIpc) is 3.03. The highest BCUT2D eigenvalue weighted by Gasteiger charge is 2.12. The van der Waals surface area contributed by atoms with Gasteiger partial charge in [0, 0.05) is 23.0 Å². The smallest absolute Gasteiger partial charge is 0.0945 e. The summed E-state index contributed by atoms with van der Waals surface area (Å²) in [4.78, 5) is 0. The third kappa shape index (κ3) is 45.1. The highest BCUT2D eigenvalue weighted by atomic mass is 32.2. The quantitative estimate of drug-likeness (QED) is 0.0325. The largest absolute Gasteiger partial charge is 0.748 e. The Morgan fingerprint density at radius 1 is 0.226 bits per heavy atom. The standard InChI is InChI=1S/C35H74O12P2S4/c36-50(37,38)32-21-13-5-1-9-17-26-48(27-18-10-2-6-14-22-33-51(39,40)41)30-25-31-49(28-19-11-3-7-15-23-34-52(42,43)44)29-20-12-4-8-16-24-35-53(45,46)47/h1-35H2,(H,36,37,38)(H,39,40,41)(H,42,43,44)(H,45,46,47)/p-4. The van der Waals surface area contributed by atoms with E-state index in [0.29, 0.717) is 25.7 Å². The van der Waals surface area contributed by atoms with Crippen molar-refractivity contribution in [3.8, 4) is 0 Å². The zero-order valence-electron chi connectivity index (χ0n) is 32.2. The first-order valence-corrected chi connectivity index (χ1v) is 30.2. The Morgan fingerprint density at radius 3 is 0.566 bits per heavy atom. The molecule has 18 heteroatoms. The van der Waals surface area contributed by atoms with Crippen molar-refractivity contribution in [2.75, 3.05) is 60.0 Å². The molecule has 0 rings (SSSR count). The number of hydrogen-bond acceptors (Lipinski definition) is 12. The lowest BCUT2D eigenvalue weighted by Crippen LogP contribution is -2.04. The maximum Gasteiger partial charge on any atom is 0.0945 e. The van der Waals surface area contributed by atoms with Crippen molar-refractivity contribution >= 4 is 56.3 Å². The molecule has 12 nitrogen and oxygen atoms in total. The second-order valence-electron chi connectivity index (χ2n) is 14.6. The monoisotopic (exact) mass is 872 g/mol. The molecule has 0 aliphatic heterocycles. The Morgan fingerprint density at radius 2 is 0.377 bits per heavy atom. The Kier molecular flexibility index (Phi) is 32.8. The first-order chi connectivity index (χ1) is 24.9. The van der Waals surface area contributed by atoms with Crippen molar-refractivity contribution < 1.29 is 51.9 Å². The molecule has 0 radical (unpaired) electrons. The van der Waals surface area contributed by atoms with Gasteiger partial charge in [0.25, 0.3) is 0 Å². The van der Waals surface area contributed by atoms with E-state index in [1.165, 1.54) is 43.4 Å². The predicted molar refractivity (Wildman–Crippen MR) is 217 cm³/mol. The van der Waals surface area contributed by atoms with Crippen LogP contribution in [0.15, 0.2) is 0 Å². The lowest BCUT2D eigenvalue weighted by molar-refractivity contribution is 0.457. The minimum absolute atomic E-state index is 0.105.